The first kappa shape index (κ1) is 23.0. The fourth-order valence-electron chi connectivity index (χ4n) is 3.14. The number of rotatable bonds is 7. The Bertz CT molecular complexity index is 944. The van der Waals surface area contributed by atoms with Gasteiger partial charge >= 0.3 is 5.97 Å². The Morgan fingerprint density at radius 2 is 1.90 bits per heavy atom. The van der Waals surface area contributed by atoms with Crippen molar-refractivity contribution in [1.29, 1.82) is 0 Å². The second kappa shape index (κ2) is 10.1. The van der Waals surface area contributed by atoms with Gasteiger partial charge in [0.2, 0.25) is 5.91 Å². The summed E-state index contributed by atoms with van der Waals surface area (Å²) in [7, 11) is 2.64. The summed E-state index contributed by atoms with van der Waals surface area (Å²) in [5.74, 6) is -0.969. The smallest absolute Gasteiger partial charge is 0.343 e. The van der Waals surface area contributed by atoms with Gasteiger partial charge < -0.3 is 19.1 Å². The highest BCUT2D eigenvalue weighted by Gasteiger charge is 2.37. The van der Waals surface area contributed by atoms with Crippen LogP contribution in [0.5, 0.6) is 11.5 Å². The summed E-state index contributed by atoms with van der Waals surface area (Å²) >= 11 is 7.01. The van der Waals surface area contributed by atoms with E-state index < -0.39 is 17.1 Å². The van der Waals surface area contributed by atoms with Crippen LogP contribution in [-0.2, 0) is 19.1 Å². The molecule has 0 unspecified atom stereocenters. The topological polar surface area (TPSA) is 102 Å². The van der Waals surface area contributed by atoms with Crippen molar-refractivity contribution in [3.05, 3.63) is 27.6 Å². The van der Waals surface area contributed by atoms with Crippen LogP contribution in [0.3, 0.4) is 0 Å². The van der Waals surface area contributed by atoms with Gasteiger partial charge in [0, 0.05) is 13.1 Å². The van der Waals surface area contributed by atoms with Gasteiger partial charge in [-0.25, -0.2) is 4.79 Å². The molecule has 9 nitrogen and oxygen atoms in total. The lowest BCUT2D eigenvalue weighted by Crippen LogP contribution is -2.40. The lowest BCUT2D eigenvalue weighted by Gasteiger charge is -2.18. The maximum absolute atomic E-state index is 12.7. The van der Waals surface area contributed by atoms with Crippen molar-refractivity contribution in [2.75, 3.05) is 40.5 Å². The quantitative estimate of drug-likeness (QED) is 0.444. The van der Waals surface area contributed by atoms with Gasteiger partial charge in [0.05, 0.1) is 24.1 Å². The highest BCUT2D eigenvalue weighted by molar-refractivity contribution is 8.18. The van der Waals surface area contributed by atoms with Gasteiger partial charge in [-0.1, -0.05) is 11.6 Å². The normalized spacial score (nSPS) is 17.5. The molecule has 3 rings (SSSR count). The molecule has 2 fully saturated rings. The van der Waals surface area contributed by atoms with E-state index in [1.807, 2.05) is 0 Å². The minimum absolute atomic E-state index is 0.149. The van der Waals surface area contributed by atoms with Gasteiger partial charge in [0.25, 0.3) is 11.1 Å². The molecule has 2 heterocycles. The highest BCUT2D eigenvalue weighted by atomic mass is 35.5. The molecule has 1 aromatic rings. The first-order valence-electron chi connectivity index (χ1n) is 9.44. The number of nitrogens with zero attached hydrogens (tertiary/aromatic N) is 2. The molecule has 0 aliphatic carbocycles. The largest absolute Gasteiger partial charge is 0.493 e. The number of thioether (sulfide) groups is 1. The fourth-order valence-corrected chi connectivity index (χ4v) is 4.25. The van der Waals surface area contributed by atoms with Gasteiger partial charge in [-0.05, 0) is 48.4 Å². The van der Waals surface area contributed by atoms with Crippen LogP contribution in [0.1, 0.15) is 18.4 Å². The summed E-state index contributed by atoms with van der Waals surface area (Å²) in [6, 6.07) is 3.07. The Kier molecular flexibility index (Phi) is 7.45. The summed E-state index contributed by atoms with van der Waals surface area (Å²) in [5.41, 5.74) is 0.489. The zero-order valence-electron chi connectivity index (χ0n) is 17.0. The van der Waals surface area contributed by atoms with Crippen LogP contribution >= 0.6 is 23.4 Å². The van der Waals surface area contributed by atoms with E-state index in [2.05, 4.69) is 4.74 Å². The van der Waals surface area contributed by atoms with Crippen molar-refractivity contribution in [3.8, 4) is 11.5 Å². The number of esters is 1. The zero-order valence-corrected chi connectivity index (χ0v) is 18.6. The molecule has 0 aromatic heterocycles. The number of hydrogen-bond acceptors (Lipinski definition) is 8. The maximum Gasteiger partial charge on any atom is 0.343 e. The molecule has 0 saturated carbocycles. The van der Waals surface area contributed by atoms with E-state index in [1.165, 1.54) is 26.4 Å². The molecular weight excluding hydrogens is 448 g/mol. The number of carbonyl (C=O) groups excluding carboxylic acids is 4. The Hall–Kier alpha value is -2.72. The molecule has 0 radical (unpaired) electrons. The molecular formula is C20H21ClN2O7S. The maximum atomic E-state index is 12.7. The monoisotopic (exact) mass is 468 g/mol. The van der Waals surface area contributed by atoms with Gasteiger partial charge in [0.1, 0.15) is 6.54 Å². The number of carbonyl (C=O) groups is 4. The van der Waals surface area contributed by atoms with E-state index in [-0.39, 0.29) is 40.5 Å². The van der Waals surface area contributed by atoms with Crippen LogP contribution < -0.4 is 9.47 Å². The number of hydrogen-bond donors (Lipinski definition) is 0. The van der Waals surface area contributed by atoms with E-state index in [0.717, 1.165) is 29.5 Å². The van der Waals surface area contributed by atoms with Crippen molar-refractivity contribution in [1.82, 2.24) is 9.80 Å². The number of ether oxygens (including phenoxy) is 3. The van der Waals surface area contributed by atoms with Crippen LogP contribution in [0.15, 0.2) is 17.0 Å². The predicted octanol–water partition coefficient (Wildman–Crippen LogP) is 2.56. The predicted molar refractivity (Wildman–Crippen MR) is 114 cm³/mol. The molecule has 0 N–H and O–H groups in total. The van der Waals surface area contributed by atoms with Gasteiger partial charge in [-0.15, -0.1) is 0 Å². The standard InChI is InChI=1S/C20H21ClN2O7S/c1-28-14-8-12(7-13(21)18(14)30-11-17(25)29-2)9-15-19(26)23(20(27)31-15)10-16(24)22-5-3-4-6-22/h7-9H,3-6,10-11H2,1-2H3/b15-9+. The van der Waals surface area contributed by atoms with Crippen LogP contribution in [0.25, 0.3) is 6.08 Å². The third-order valence-electron chi connectivity index (χ3n) is 4.74. The fraction of sp³-hybridized carbons (Fsp3) is 0.400. The van der Waals surface area contributed by atoms with Crippen molar-refractivity contribution < 1.29 is 33.4 Å². The van der Waals surface area contributed by atoms with E-state index in [9.17, 15) is 19.2 Å². The van der Waals surface area contributed by atoms with Crippen LogP contribution in [-0.4, -0.2) is 73.3 Å². The third-order valence-corrected chi connectivity index (χ3v) is 5.93. The summed E-state index contributed by atoms with van der Waals surface area (Å²) in [5, 5.41) is -0.349. The molecule has 166 valence electrons. The minimum atomic E-state index is -0.584. The molecule has 1 aromatic carbocycles. The van der Waals surface area contributed by atoms with Crippen LogP contribution in [0.4, 0.5) is 4.79 Å². The first-order chi connectivity index (χ1) is 14.8. The van der Waals surface area contributed by atoms with Crippen molar-refractivity contribution in [2.24, 2.45) is 0 Å². The summed E-state index contributed by atoms with van der Waals surface area (Å²) < 4.78 is 15.1. The second-order valence-corrected chi connectivity index (χ2v) is 8.16. The van der Waals surface area contributed by atoms with Crippen LogP contribution in [0.2, 0.25) is 5.02 Å². The average molecular weight is 469 g/mol. The SMILES string of the molecule is COC(=O)COc1c(Cl)cc(/C=C2/SC(=O)N(CC(=O)N3CCCC3)C2=O)cc1OC. The highest BCUT2D eigenvalue weighted by Crippen LogP contribution is 2.39. The van der Waals surface area contributed by atoms with E-state index in [0.29, 0.717) is 18.7 Å². The van der Waals surface area contributed by atoms with Gasteiger partial charge in [-0.2, -0.15) is 0 Å². The third kappa shape index (κ3) is 5.31. The van der Waals surface area contributed by atoms with Gasteiger partial charge in [-0.3, -0.25) is 19.3 Å². The molecule has 0 bridgehead atoms. The summed E-state index contributed by atoms with van der Waals surface area (Å²) in [6.45, 7) is 0.670. The molecule has 2 saturated heterocycles. The second-order valence-electron chi connectivity index (χ2n) is 6.75. The number of amides is 3. The Balaban J connectivity index is 1.77. The number of halogens is 1. The lowest BCUT2D eigenvalue weighted by molar-refractivity contribution is -0.143. The zero-order chi connectivity index (χ0) is 22.5. The van der Waals surface area contributed by atoms with Gasteiger partial charge in [0.15, 0.2) is 18.1 Å². The molecule has 0 spiro atoms. The Labute approximate surface area is 188 Å². The lowest BCUT2D eigenvalue weighted by atomic mass is 10.1. The summed E-state index contributed by atoms with van der Waals surface area (Å²) in [6.07, 6.45) is 3.34. The molecule has 0 atom stereocenters. The number of benzene rings is 1. The number of likely N-dealkylation sites (tertiary alicyclic amines) is 1. The summed E-state index contributed by atoms with van der Waals surface area (Å²) in [4.78, 5) is 51.4. The molecule has 2 aliphatic heterocycles. The Morgan fingerprint density at radius 1 is 1.19 bits per heavy atom. The minimum Gasteiger partial charge on any atom is -0.493 e. The van der Waals surface area contributed by atoms with Crippen LogP contribution in [0, 0.1) is 0 Å². The molecule has 31 heavy (non-hydrogen) atoms. The van der Waals surface area contributed by atoms with E-state index in [1.54, 1.807) is 11.0 Å². The number of imide groups is 1. The average Bonchev–Trinajstić information content (AvgIpc) is 3.37. The van der Waals surface area contributed by atoms with Crippen molar-refractivity contribution >= 4 is 52.5 Å². The first-order valence-corrected chi connectivity index (χ1v) is 10.6. The van der Waals surface area contributed by atoms with E-state index in [4.69, 9.17) is 21.1 Å². The number of methoxy groups -OCH3 is 2. The van der Waals surface area contributed by atoms with E-state index >= 15 is 0 Å². The van der Waals surface area contributed by atoms with Crippen molar-refractivity contribution in [3.63, 3.8) is 0 Å². The molecule has 2 aliphatic rings. The molecule has 11 heteroatoms. The Morgan fingerprint density at radius 3 is 2.55 bits per heavy atom. The van der Waals surface area contributed by atoms with Crippen molar-refractivity contribution in [2.45, 2.75) is 12.8 Å². The molecule has 3 amide bonds.